The predicted molar refractivity (Wildman–Crippen MR) is 98.4 cm³/mol. The fraction of sp³-hybridized carbons (Fsp3) is 0.316. The molecule has 0 radical (unpaired) electrons. The first-order valence-corrected chi connectivity index (χ1v) is 8.87. The molecule has 0 saturated carbocycles. The summed E-state index contributed by atoms with van der Waals surface area (Å²) in [5.41, 5.74) is 0.287. The molecule has 1 aromatic heterocycles. The number of aromatic nitrogens is 1. The molecule has 0 atom stereocenters. The van der Waals surface area contributed by atoms with Crippen LogP contribution in [0.4, 0.5) is 25.0 Å². The standard InChI is InChI=1S/C19H20F2N4O3/c1-2-28-19(27)25-10-8-24(9-11-25)18(26)16-7-6-13(12-22-16)23-17-14(20)4-3-5-15(17)21/h3-7,12,23H,2,8-11H2,1H3. The highest BCUT2D eigenvalue weighted by Crippen LogP contribution is 2.23. The molecule has 1 aliphatic heterocycles. The Morgan fingerprint density at radius 2 is 1.71 bits per heavy atom. The minimum atomic E-state index is -0.723. The number of anilines is 2. The molecule has 9 heteroatoms. The van der Waals surface area contributed by atoms with Gasteiger partial charge in [0.1, 0.15) is 23.0 Å². The summed E-state index contributed by atoms with van der Waals surface area (Å²) < 4.78 is 32.4. The van der Waals surface area contributed by atoms with Gasteiger partial charge in [-0.2, -0.15) is 0 Å². The third-order valence-corrected chi connectivity index (χ3v) is 4.31. The first-order valence-electron chi connectivity index (χ1n) is 8.87. The minimum Gasteiger partial charge on any atom is -0.450 e. The summed E-state index contributed by atoms with van der Waals surface area (Å²) in [7, 11) is 0. The largest absolute Gasteiger partial charge is 0.450 e. The van der Waals surface area contributed by atoms with Crippen molar-refractivity contribution in [3.05, 3.63) is 53.9 Å². The number of para-hydroxylation sites is 1. The molecule has 2 amide bonds. The van der Waals surface area contributed by atoms with Crippen LogP contribution in [0.25, 0.3) is 0 Å². The first-order chi connectivity index (χ1) is 13.5. The fourth-order valence-corrected chi connectivity index (χ4v) is 2.82. The number of carbonyl (C=O) groups is 2. The maximum atomic E-state index is 13.7. The Labute approximate surface area is 160 Å². The van der Waals surface area contributed by atoms with Crippen LogP contribution in [-0.2, 0) is 4.74 Å². The number of hydrogen-bond acceptors (Lipinski definition) is 5. The Kier molecular flexibility index (Phi) is 6.03. The molecule has 0 bridgehead atoms. The predicted octanol–water partition coefficient (Wildman–Crippen LogP) is 3.02. The second-order valence-electron chi connectivity index (χ2n) is 6.13. The van der Waals surface area contributed by atoms with E-state index in [4.69, 9.17) is 4.74 Å². The zero-order valence-corrected chi connectivity index (χ0v) is 15.3. The summed E-state index contributed by atoms with van der Waals surface area (Å²) in [5.74, 6) is -1.72. The second kappa shape index (κ2) is 8.64. The summed E-state index contributed by atoms with van der Waals surface area (Å²) >= 11 is 0. The summed E-state index contributed by atoms with van der Waals surface area (Å²) in [6.07, 6.45) is 0.956. The Balaban J connectivity index is 1.61. The van der Waals surface area contributed by atoms with E-state index in [-0.39, 0.29) is 23.4 Å². The van der Waals surface area contributed by atoms with Gasteiger partial charge in [-0.15, -0.1) is 0 Å². The monoisotopic (exact) mass is 390 g/mol. The lowest BCUT2D eigenvalue weighted by Crippen LogP contribution is -2.50. The molecule has 2 aromatic rings. The Morgan fingerprint density at radius 3 is 2.29 bits per heavy atom. The molecule has 148 valence electrons. The number of pyridine rings is 1. The average molecular weight is 390 g/mol. The Morgan fingerprint density at radius 1 is 1.07 bits per heavy atom. The van der Waals surface area contributed by atoms with Crippen molar-refractivity contribution in [1.29, 1.82) is 0 Å². The van der Waals surface area contributed by atoms with Gasteiger partial charge >= 0.3 is 6.09 Å². The van der Waals surface area contributed by atoms with Crippen molar-refractivity contribution in [2.75, 3.05) is 38.1 Å². The molecular formula is C19H20F2N4O3. The molecule has 1 aromatic carbocycles. The SMILES string of the molecule is CCOC(=O)N1CCN(C(=O)c2ccc(Nc3c(F)cccc3F)cn2)CC1. The van der Waals surface area contributed by atoms with Crippen LogP contribution < -0.4 is 5.32 Å². The molecule has 1 aliphatic rings. The van der Waals surface area contributed by atoms with Crippen LogP contribution in [0, 0.1) is 11.6 Å². The van der Waals surface area contributed by atoms with Crippen LogP contribution in [0.2, 0.25) is 0 Å². The average Bonchev–Trinajstić information content (AvgIpc) is 2.71. The topological polar surface area (TPSA) is 74.8 Å². The van der Waals surface area contributed by atoms with E-state index in [0.29, 0.717) is 38.5 Å². The van der Waals surface area contributed by atoms with Gasteiger partial charge in [0, 0.05) is 26.2 Å². The molecule has 3 rings (SSSR count). The Hall–Kier alpha value is -3.23. The molecule has 0 spiro atoms. The Bertz CT molecular complexity index is 833. The zero-order chi connectivity index (χ0) is 20.1. The number of rotatable bonds is 4. The van der Waals surface area contributed by atoms with E-state index >= 15 is 0 Å². The third-order valence-electron chi connectivity index (χ3n) is 4.31. The van der Waals surface area contributed by atoms with Gasteiger partial charge in [-0.3, -0.25) is 4.79 Å². The van der Waals surface area contributed by atoms with Crippen molar-refractivity contribution in [2.45, 2.75) is 6.92 Å². The van der Waals surface area contributed by atoms with E-state index in [2.05, 4.69) is 10.3 Å². The van der Waals surface area contributed by atoms with E-state index in [1.54, 1.807) is 16.7 Å². The number of nitrogens with one attached hydrogen (secondary N) is 1. The van der Waals surface area contributed by atoms with Crippen LogP contribution in [-0.4, -0.2) is 59.6 Å². The van der Waals surface area contributed by atoms with E-state index in [1.807, 2.05) is 0 Å². The fourth-order valence-electron chi connectivity index (χ4n) is 2.82. The molecule has 0 aliphatic carbocycles. The maximum absolute atomic E-state index is 13.7. The van der Waals surface area contributed by atoms with Crippen LogP contribution in [0.5, 0.6) is 0 Å². The first kappa shape index (κ1) is 19.5. The van der Waals surface area contributed by atoms with Gasteiger partial charge in [0.25, 0.3) is 5.91 Å². The third kappa shape index (κ3) is 4.36. The van der Waals surface area contributed by atoms with E-state index in [0.717, 1.165) is 12.1 Å². The van der Waals surface area contributed by atoms with Gasteiger partial charge < -0.3 is 19.9 Å². The van der Waals surface area contributed by atoms with Gasteiger partial charge in [-0.1, -0.05) is 6.07 Å². The molecule has 1 N–H and O–H groups in total. The lowest BCUT2D eigenvalue weighted by Gasteiger charge is -2.33. The van der Waals surface area contributed by atoms with Crippen molar-refractivity contribution in [1.82, 2.24) is 14.8 Å². The van der Waals surface area contributed by atoms with Crippen LogP contribution in [0.3, 0.4) is 0 Å². The normalized spacial score (nSPS) is 14.0. The van der Waals surface area contributed by atoms with E-state index < -0.39 is 11.6 Å². The van der Waals surface area contributed by atoms with Crippen LogP contribution >= 0.6 is 0 Å². The number of nitrogens with zero attached hydrogens (tertiary/aromatic N) is 3. The lowest BCUT2D eigenvalue weighted by molar-refractivity contribution is 0.0566. The number of ether oxygens (including phenoxy) is 1. The van der Waals surface area contributed by atoms with Crippen molar-refractivity contribution in [3.63, 3.8) is 0 Å². The molecule has 0 unspecified atom stereocenters. The molecular weight excluding hydrogens is 370 g/mol. The number of amides is 2. The second-order valence-corrected chi connectivity index (χ2v) is 6.13. The summed E-state index contributed by atoms with van der Waals surface area (Å²) in [6.45, 7) is 3.56. The summed E-state index contributed by atoms with van der Waals surface area (Å²) in [4.78, 5) is 31.5. The van der Waals surface area contributed by atoms with Gasteiger partial charge in [0.2, 0.25) is 0 Å². The van der Waals surface area contributed by atoms with Crippen LogP contribution in [0.1, 0.15) is 17.4 Å². The molecule has 1 saturated heterocycles. The minimum absolute atomic E-state index is 0.212. The molecule has 28 heavy (non-hydrogen) atoms. The van der Waals surface area contributed by atoms with Crippen molar-refractivity contribution in [2.24, 2.45) is 0 Å². The lowest BCUT2D eigenvalue weighted by atomic mass is 10.2. The molecule has 7 nitrogen and oxygen atoms in total. The van der Waals surface area contributed by atoms with Crippen LogP contribution in [0.15, 0.2) is 36.5 Å². The highest BCUT2D eigenvalue weighted by atomic mass is 19.1. The highest BCUT2D eigenvalue weighted by molar-refractivity contribution is 5.92. The number of hydrogen-bond donors (Lipinski definition) is 1. The van der Waals surface area contributed by atoms with Gasteiger partial charge in [0.15, 0.2) is 0 Å². The quantitative estimate of drug-likeness (QED) is 0.869. The maximum Gasteiger partial charge on any atom is 0.409 e. The number of halogens is 2. The van der Waals surface area contributed by atoms with Gasteiger partial charge in [-0.25, -0.2) is 18.6 Å². The molecule has 1 fully saturated rings. The highest BCUT2D eigenvalue weighted by Gasteiger charge is 2.26. The van der Waals surface area contributed by atoms with E-state index in [1.165, 1.54) is 24.4 Å². The number of piperazine rings is 1. The zero-order valence-electron chi connectivity index (χ0n) is 15.3. The van der Waals surface area contributed by atoms with Crippen molar-refractivity contribution >= 4 is 23.4 Å². The number of benzene rings is 1. The van der Waals surface area contributed by atoms with Gasteiger partial charge in [-0.05, 0) is 31.2 Å². The summed E-state index contributed by atoms with van der Waals surface area (Å²) in [6, 6.07) is 6.58. The molecule has 2 heterocycles. The smallest absolute Gasteiger partial charge is 0.409 e. The van der Waals surface area contributed by atoms with Crippen molar-refractivity contribution in [3.8, 4) is 0 Å². The van der Waals surface area contributed by atoms with E-state index in [9.17, 15) is 18.4 Å². The van der Waals surface area contributed by atoms with Gasteiger partial charge in [0.05, 0.1) is 18.5 Å². The summed E-state index contributed by atoms with van der Waals surface area (Å²) in [5, 5.41) is 2.62. The number of carbonyl (C=O) groups excluding carboxylic acids is 2. The van der Waals surface area contributed by atoms with Crippen molar-refractivity contribution < 1.29 is 23.1 Å².